The summed E-state index contributed by atoms with van der Waals surface area (Å²) in [6.45, 7) is 3.10. The SMILES string of the molecule is CN=c1sc(CO)c(CN2CCN(C(=O)CCS(=O)(=O)c3ccc4cc(Cl)ccc4c3)CC2)n1C. The van der Waals surface area contributed by atoms with Gasteiger partial charge in [0.1, 0.15) is 0 Å². The standard InChI is InChI=1S/C24H29ClN4O4S2/c1-26-24-27(2)21(22(16-30)34-24)15-28-8-10-29(11-9-28)23(31)7-12-35(32,33)20-6-4-17-13-19(25)5-3-18(17)14-20/h3-6,13-14,30H,7-12,15-16H2,1-2H3. The summed E-state index contributed by atoms with van der Waals surface area (Å²) in [4.78, 5) is 23.0. The topological polar surface area (TPSA) is 95.2 Å². The second kappa shape index (κ2) is 10.8. The molecule has 1 fully saturated rings. The van der Waals surface area contributed by atoms with Gasteiger partial charge in [-0.2, -0.15) is 0 Å². The van der Waals surface area contributed by atoms with Crippen LogP contribution in [0.3, 0.4) is 0 Å². The van der Waals surface area contributed by atoms with Gasteiger partial charge in [0.15, 0.2) is 14.6 Å². The van der Waals surface area contributed by atoms with Crippen LogP contribution in [0, 0.1) is 0 Å². The van der Waals surface area contributed by atoms with E-state index >= 15 is 0 Å². The zero-order valence-corrected chi connectivity index (χ0v) is 22.2. The average molecular weight is 537 g/mol. The number of nitrogens with zero attached hydrogens (tertiary/aromatic N) is 4. The van der Waals surface area contributed by atoms with Crippen molar-refractivity contribution in [2.75, 3.05) is 39.0 Å². The van der Waals surface area contributed by atoms with Crippen LogP contribution in [0.15, 0.2) is 46.3 Å². The number of sulfone groups is 1. The third-order valence-electron chi connectivity index (χ3n) is 6.38. The summed E-state index contributed by atoms with van der Waals surface area (Å²) in [5, 5.41) is 12.0. The lowest BCUT2D eigenvalue weighted by Gasteiger charge is -2.35. The molecular weight excluding hydrogens is 508 g/mol. The Morgan fingerprint density at radius 2 is 1.80 bits per heavy atom. The number of hydrogen-bond donors (Lipinski definition) is 1. The molecule has 1 amide bonds. The van der Waals surface area contributed by atoms with Crippen molar-refractivity contribution in [3.05, 3.63) is 56.8 Å². The molecule has 35 heavy (non-hydrogen) atoms. The fraction of sp³-hybridized carbons (Fsp3) is 0.417. The van der Waals surface area contributed by atoms with Crippen LogP contribution < -0.4 is 4.80 Å². The fourth-order valence-corrected chi connectivity index (χ4v) is 6.69. The third-order valence-corrected chi connectivity index (χ3v) is 9.58. The van der Waals surface area contributed by atoms with Gasteiger partial charge in [0.05, 0.1) is 22.1 Å². The first-order valence-electron chi connectivity index (χ1n) is 11.4. The van der Waals surface area contributed by atoms with Crippen molar-refractivity contribution in [2.45, 2.75) is 24.5 Å². The molecule has 188 valence electrons. The molecule has 3 aromatic rings. The molecule has 0 aliphatic carbocycles. The van der Waals surface area contributed by atoms with Crippen LogP contribution in [-0.2, 0) is 34.8 Å². The van der Waals surface area contributed by atoms with Crippen LogP contribution in [0.4, 0.5) is 0 Å². The zero-order chi connectivity index (χ0) is 25.2. The number of rotatable bonds is 7. The van der Waals surface area contributed by atoms with Crippen molar-refractivity contribution in [3.8, 4) is 0 Å². The number of aliphatic hydroxyl groups excluding tert-OH is 1. The predicted octanol–water partition coefficient (Wildman–Crippen LogP) is 2.42. The number of fused-ring (bicyclic) bond motifs is 1. The van der Waals surface area contributed by atoms with Crippen molar-refractivity contribution < 1.29 is 18.3 Å². The highest BCUT2D eigenvalue weighted by Crippen LogP contribution is 2.24. The summed E-state index contributed by atoms with van der Waals surface area (Å²) in [6.07, 6.45) is -0.0451. The lowest BCUT2D eigenvalue weighted by atomic mass is 10.1. The van der Waals surface area contributed by atoms with E-state index in [4.69, 9.17) is 11.6 Å². The largest absolute Gasteiger partial charge is 0.391 e. The Kier molecular flexibility index (Phi) is 7.97. The van der Waals surface area contributed by atoms with E-state index in [1.165, 1.54) is 11.3 Å². The van der Waals surface area contributed by atoms with Crippen LogP contribution in [0.1, 0.15) is 17.0 Å². The Labute approximate surface area is 214 Å². The second-order valence-electron chi connectivity index (χ2n) is 8.57. The fourth-order valence-electron chi connectivity index (χ4n) is 4.31. The molecule has 0 atom stereocenters. The molecule has 11 heteroatoms. The van der Waals surface area contributed by atoms with Crippen LogP contribution in [0.25, 0.3) is 10.8 Å². The van der Waals surface area contributed by atoms with Gasteiger partial charge in [0.2, 0.25) is 5.91 Å². The minimum atomic E-state index is -3.58. The second-order valence-corrected chi connectivity index (χ2v) is 12.2. The molecule has 0 spiro atoms. The third kappa shape index (κ3) is 5.78. The number of hydrogen-bond acceptors (Lipinski definition) is 7. The van der Waals surface area contributed by atoms with Gasteiger partial charge in [-0.25, -0.2) is 8.42 Å². The number of aromatic nitrogens is 1. The molecule has 0 unspecified atom stereocenters. The van der Waals surface area contributed by atoms with Gasteiger partial charge in [0.25, 0.3) is 0 Å². The smallest absolute Gasteiger partial charge is 0.223 e. The molecule has 4 rings (SSSR count). The van der Waals surface area contributed by atoms with Crippen molar-refractivity contribution in [3.63, 3.8) is 0 Å². The molecule has 2 aromatic carbocycles. The first-order valence-corrected chi connectivity index (χ1v) is 14.2. The summed E-state index contributed by atoms with van der Waals surface area (Å²) in [7, 11) is 0.0913. The maximum absolute atomic E-state index is 12.9. The average Bonchev–Trinajstić information content (AvgIpc) is 3.17. The Bertz CT molecular complexity index is 1410. The number of aliphatic hydroxyl groups is 1. The lowest BCUT2D eigenvalue weighted by molar-refractivity contribution is -0.132. The highest BCUT2D eigenvalue weighted by atomic mass is 35.5. The normalized spacial score (nSPS) is 15.8. The molecule has 1 N–H and O–H groups in total. The number of amides is 1. The number of thiazole rings is 1. The van der Waals surface area contributed by atoms with E-state index in [2.05, 4.69) is 9.89 Å². The molecule has 1 aromatic heterocycles. The number of carbonyl (C=O) groups is 1. The first kappa shape index (κ1) is 25.8. The van der Waals surface area contributed by atoms with E-state index in [0.717, 1.165) is 26.1 Å². The molecule has 0 bridgehead atoms. The van der Waals surface area contributed by atoms with Gasteiger partial charge in [-0.3, -0.25) is 14.7 Å². The Hall–Kier alpha value is -2.24. The van der Waals surface area contributed by atoms with Crippen molar-refractivity contribution in [1.29, 1.82) is 0 Å². The minimum Gasteiger partial charge on any atom is -0.391 e. The van der Waals surface area contributed by atoms with E-state index in [9.17, 15) is 18.3 Å². The van der Waals surface area contributed by atoms with Crippen LogP contribution in [0.2, 0.25) is 5.02 Å². The molecule has 8 nitrogen and oxygen atoms in total. The predicted molar refractivity (Wildman–Crippen MR) is 138 cm³/mol. The number of piperazine rings is 1. The molecular formula is C24H29ClN4O4S2. The highest BCUT2D eigenvalue weighted by Gasteiger charge is 2.25. The van der Waals surface area contributed by atoms with Crippen molar-refractivity contribution in [2.24, 2.45) is 12.0 Å². The number of carbonyl (C=O) groups excluding carboxylic acids is 1. The van der Waals surface area contributed by atoms with Crippen molar-refractivity contribution >= 4 is 49.5 Å². The Balaban J connectivity index is 1.33. The van der Waals surface area contributed by atoms with E-state index in [-0.39, 0.29) is 29.6 Å². The molecule has 2 heterocycles. The summed E-state index contributed by atoms with van der Waals surface area (Å²) in [5.41, 5.74) is 1.03. The molecule has 1 aliphatic rings. The summed E-state index contributed by atoms with van der Waals surface area (Å²) >= 11 is 7.49. The van der Waals surface area contributed by atoms with Crippen LogP contribution in [0.5, 0.6) is 0 Å². The monoisotopic (exact) mass is 536 g/mol. The number of halogens is 1. The van der Waals surface area contributed by atoms with Crippen LogP contribution >= 0.6 is 22.9 Å². The highest BCUT2D eigenvalue weighted by molar-refractivity contribution is 7.91. The van der Waals surface area contributed by atoms with E-state index in [0.29, 0.717) is 37.7 Å². The van der Waals surface area contributed by atoms with Crippen molar-refractivity contribution in [1.82, 2.24) is 14.4 Å². The van der Waals surface area contributed by atoms with Gasteiger partial charge >= 0.3 is 0 Å². The van der Waals surface area contributed by atoms with Gasteiger partial charge in [0, 0.05) is 64.0 Å². The quantitative estimate of drug-likeness (QED) is 0.500. The van der Waals surface area contributed by atoms with Gasteiger partial charge in [-0.1, -0.05) is 35.1 Å². The maximum Gasteiger partial charge on any atom is 0.223 e. The molecule has 0 radical (unpaired) electrons. The molecule has 1 saturated heterocycles. The Morgan fingerprint density at radius 1 is 1.11 bits per heavy atom. The number of benzene rings is 2. The van der Waals surface area contributed by atoms with E-state index < -0.39 is 9.84 Å². The van der Waals surface area contributed by atoms with Gasteiger partial charge in [-0.05, 0) is 35.0 Å². The first-order chi connectivity index (χ1) is 16.7. The van der Waals surface area contributed by atoms with E-state index in [1.807, 2.05) is 11.6 Å². The van der Waals surface area contributed by atoms with Gasteiger partial charge < -0.3 is 14.6 Å². The summed E-state index contributed by atoms with van der Waals surface area (Å²) in [6, 6.07) is 10.2. The minimum absolute atomic E-state index is 0.0265. The summed E-state index contributed by atoms with van der Waals surface area (Å²) < 4.78 is 27.7. The van der Waals surface area contributed by atoms with E-state index in [1.54, 1.807) is 48.3 Å². The summed E-state index contributed by atoms with van der Waals surface area (Å²) in [5.74, 6) is -0.371. The lowest BCUT2D eigenvalue weighted by Crippen LogP contribution is -2.48. The van der Waals surface area contributed by atoms with Gasteiger partial charge in [-0.15, -0.1) is 0 Å². The Morgan fingerprint density at radius 3 is 2.49 bits per heavy atom. The molecule has 0 saturated carbocycles. The van der Waals surface area contributed by atoms with Crippen LogP contribution in [-0.4, -0.2) is 72.8 Å². The molecule has 1 aliphatic heterocycles. The zero-order valence-electron chi connectivity index (χ0n) is 19.8. The maximum atomic E-state index is 12.9.